The third-order valence-electron chi connectivity index (χ3n) is 2.34. The Bertz CT molecular complexity index is 344. The van der Waals surface area contributed by atoms with Gasteiger partial charge < -0.3 is 10.8 Å². The Labute approximate surface area is 100 Å². The van der Waals surface area contributed by atoms with E-state index in [1.54, 1.807) is 6.07 Å². The van der Waals surface area contributed by atoms with Gasteiger partial charge in [0.2, 0.25) is 0 Å². The molecular formula is C12H18FNOS. The highest BCUT2D eigenvalue weighted by molar-refractivity contribution is 8.00. The summed E-state index contributed by atoms with van der Waals surface area (Å²) < 4.78 is 13.7. The van der Waals surface area contributed by atoms with Gasteiger partial charge in [0.1, 0.15) is 5.82 Å². The van der Waals surface area contributed by atoms with Gasteiger partial charge in [0.25, 0.3) is 0 Å². The Morgan fingerprint density at radius 2 is 2.12 bits per heavy atom. The van der Waals surface area contributed by atoms with E-state index in [4.69, 9.17) is 10.8 Å². The van der Waals surface area contributed by atoms with Crippen LogP contribution >= 0.6 is 11.8 Å². The molecule has 4 heteroatoms. The fraction of sp³-hybridized carbons (Fsp3) is 0.500. The molecule has 0 radical (unpaired) electrons. The minimum Gasteiger partial charge on any atom is -0.396 e. The van der Waals surface area contributed by atoms with Gasteiger partial charge in [0.05, 0.1) is 0 Å². The van der Waals surface area contributed by atoms with Gasteiger partial charge in [-0.15, -0.1) is 11.8 Å². The molecule has 0 spiro atoms. The Hall–Kier alpha value is -0.580. The van der Waals surface area contributed by atoms with Gasteiger partial charge in [-0.25, -0.2) is 4.39 Å². The van der Waals surface area contributed by atoms with Crippen LogP contribution in [0.2, 0.25) is 0 Å². The third-order valence-corrected chi connectivity index (χ3v) is 3.65. The summed E-state index contributed by atoms with van der Waals surface area (Å²) in [7, 11) is 0. The van der Waals surface area contributed by atoms with Crippen LogP contribution in [0.25, 0.3) is 0 Å². The van der Waals surface area contributed by atoms with E-state index >= 15 is 0 Å². The fourth-order valence-electron chi connectivity index (χ4n) is 1.45. The van der Waals surface area contributed by atoms with Crippen LogP contribution in [-0.4, -0.2) is 17.0 Å². The minimum absolute atomic E-state index is 0.121. The van der Waals surface area contributed by atoms with E-state index in [1.165, 1.54) is 17.8 Å². The van der Waals surface area contributed by atoms with Gasteiger partial charge in [-0.2, -0.15) is 0 Å². The summed E-state index contributed by atoms with van der Waals surface area (Å²) in [6, 6.07) is 4.79. The molecule has 0 saturated carbocycles. The van der Waals surface area contributed by atoms with Crippen LogP contribution in [0.15, 0.2) is 23.1 Å². The van der Waals surface area contributed by atoms with Gasteiger partial charge in [-0.1, -0.05) is 19.1 Å². The molecule has 0 amide bonds. The molecule has 0 bridgehead atoms. The molecule has 0 saturated heterocycles. The minimum atomic E-state index is -0.232. The summed E-state index contributed by atoms with van der Waals surface area (Å²) in [5.74, 6) is -0.232. The molecule has 16 heavy (non-hydrogen) atoms. The average molecular weight is 243 g/mol. The maximum atomic E-state index is 13.7. The molecule has 1 rings (SSSR count). The van der Waals surface area contributed by atoms with Crippen LogP contribution in [0.3, 0.4) is 0 Å². The van der Waals surface area contributed by atoms with E-state index < -0.39 is 0 Å². The zero-order valence-corrected chi connectivity index (χ0v) is 10.4. The van der Waals surface area contributed by atoms with E-state index in [0.717, 1.165) is 5.56 Å². The predicted octanol–water partition coefficient (Wildman–Crippen LogP) is 2.71. The molecule has 1 aromatic rings. The summed E-state index contributed by atoms with van der Waals surface area (Å²) >= 11 is 1.43. The number of aliphatic hydroxyl groups is 1. The van der Waals surface area contributed by atoms with Crippen molar-refractivity contribution >= 4 is 11.8 Å². The maximum absolute atomic E-state index is 13.7. The van der Waals surface area contributed by atoms with Crippen molar-refractivity contribution < 1.29 is 9.50 Å². The lowest BCUT2D eigenvalue weighted by Crippen LogP contribution is -2.09. The molecule has 2 nitrogen and oxygen atoms in total. The second-order valence-electron chi connectivity index (χ2n) is 3.89. The summed E-state index contributed by atoms with van der Waals surface area (Å²) in [5, 5.41) is 9.01. The van der Waals surface area contributed by atoms with Crippen LogP contribution in [0.1, 0.15) is 31.9 Å². The molecule has 0 heterocycles. The Kier molecular flexibility index (Phi) is 5.25. The van der Waals surface area contributed by atoms with E-state index in [2.05, 4.69) is 0 Å². The molecule has 0 aliphatic carbocycles. The lowest BCUT2D eigenvalue weighted by Gasteiger charge is -2.16. The number of rotatable bonds is 5. The normalized spacial score (nSPS) is 14.8. The number of thioether (sulfide) groups is 1. The van der Waals surface area contributed by atoms with Crippen LogP contribution in [0.4, 0.5) is 4.39 Å². The lowest BCUT2D eigenvalue weighted by molar-refractivity contribution is 0.289. The van der Waals surface area contributed by atoms with Crippen LogP contribution in [0.5, 0.6) is 0 Å². The largest absolute Gasteiger partial charge is 0.396 e. The average Bonchev–Trinajstić information content (AvgIpc) is 2.21. The van der Waals surface area contributed by atoms with Crippen LogP contribution in [0, 0.1) is 5.82 Å². The number of aliphatic hydroxyl groups excluding tert-OH is 1. The SMILES string of the molecule is CC(CCO)Sc1c(F)cccc1C(C)N. The van der Waals surface area contributed by atoms with Crippen molar-refractivity contribution in [2.24, 2.45) is 5.73 Å². The second-order valence-corrected chi connectivity index (χ2v) is 5.34. The molecule has 0 fully saturated rings. The van der Waals surface area contributed by atoms with Crippen molar-refractivity contribution in [3.8, 4) is 0 Å². The summed E-state index contributed by atoms with van der Waals surface area (Å²) in [5.41, 5.74) is 6.63. The quantitative estimate of drug-likeness (QED) is 0.782. The Morgan fingerprint density at radius 1 is 1.44 bits per heavy atom. The standard InChI is InChI=1S/C12H18FNOS/c1-8(6-7-15)16-12-10(9(2)14)4-3-5-11(12)13/h3-5,8-9,15H,6-7,14H2,1-2H3. The highest BCUT2D eigenvalue weighted by atomic mass is 32.2. The first-order chi connectivity index (χ1) is 7.56. The Balaban J connectivity index is 2.92. The first kappa shape index (κ1) is 13.5. The molecule has 3 N–H and O–H groups in total. The van der Waals surface area contributed by atoms with E-state index in [0.29, 0.717) is 11.3 Å². The van der Waals surface area contributed by atoms with E-state index in [9.17, 15) is 4.39 Å². The summed E-state index contributed by atoms with van der Waals surface area (Å²) in [6.45, 7) is 3.93. The van der Waals surface area contributed by atoms with Gasteiger partial charge in [0.15, 0.2) is 0 Å². The third kappa shape index (κ3) is 3.47. The smallest absolute Gasteiger partial charge is 0.137 e. The maximum Gasteiger partial charge on any atom is 0.137 e. The van der Waals surface area contributed by atoms with E-state index in [-0.39, 0.29) is 23.7 Å². The number of benzene rings is 1. The highest BCUT2D eigenvalue weighted by Crippen LogP contribution is 2.33. The molecule has 2 unspecified atom stereocenters. The van der Waals surface area contributed by atoms with Crippen molar-refractivity contribution in [2.45, 2.75) is 36.5 Å². The monoisotopic (exact) mass is 243 g/mol. The molecule has 1 aromatic carbocycles. The van der Waals surface area contributed by atoms with E-state index in [1.807, 2.05) is 19.9 Å². The predicted molar refractivity (Wildman–Crippen MR) is 66.0 cm³/mol. The summed E-state index contributed by atoms with van der Waals surface area (Å²) in [6.07, 6.45) is 0.650. The molecule has 0 aliphatic heterocycles. The van der Waals surface area contributed by atoms with Gasteiger partial charge in [0, 0.05) is 22.8 Å². The van der Waals surface area contributed by atoms with Gasteiger partial charge in [-0.05, 0) is 25.0 Å². The first-order valence-corrected chi connectivity index (χ1v) is 6.25. The molecule has 0 aliphatic rings. The molecular weight excluding hydrogens is 225 g/mol. The highest BCUT2D eigenvalue weighted by Gasteiger charge is 2.14. The van der Waals surface area contributed by atoms with Crippen molar-refractivity contribution in [3.63, 3.8) is 0 Å². The lowest BCUT2D eigenvalue weighted by atomic mass is 10.1. The first-order valence-electron chi connectivity index (χ1n) is 5.37. The van der Waals surface area contributed by atoms with Crippen LogP contribution < -0.4 is 5.73 Å². The second kappa shape index (κ2) is 6.23. The van der Waals surface area contributed by atoms with Crippen molar-refractivity contribution in [1.82, 2.24) is 0 Å². The van der Waals surface area contributed by atoms with Gasteiger partial charge in [-0.3, -0.25) is 0 Å². The fourth-order valence-corrected chi connectivity index (χ4v) is 2.65. The number of hydrogen-bond donors (Lipinski definition) is 2. The summed E-state index contributed by atoms with van der Waals surface area (Å²) in [4.78, 5) is 0.610. The number of hydrogen-bond acceptors (Lipinski definition) is 3. The zero-order valence-electron chi connectivity index (χ0n) is 9.61. The molecule has 90 valence electrons. The molecule has 0 aromatic heterocycles. The Morgan fingerprint density at radius 3 is 2.69 bits per heavy atom. The topological polar surface area (TPSA) is 46.2 Å². The van der Waals surface area contributed by atoms with Gasteiger partial charge >= 0.3 is 0 Å². The molecule has 2 atom stereocenters. The van der Waals surface area contributed by atoms with Crippen LogP contribution in [-0.2, 0) is 0 Å². The number of nitrogens with two attached hydrogens (primary N) is 1. The van der Waals surface area contributed by atoms with Crippen molar-refractivity contribution in [2.75, 3.05) is 6.61 Å². The van der Waals surface area contributed by atoms with Crippen molar-refractivity contribution in [3.05, 3.63) is 29.6 Å². The zero-order chi connectivity index (χ0) is 12.1. The number of halogens is 1. The van der Waals surface area contributed by atoms with Crippen molar-refractivity contribution in [1.29, 1.82) is 0 Å².